The van der Waals surface area contributed by atoms with Crippen molar-refractivity contribution in [3.05, 3.63) is 35.9 Å². The molecule has 2 aliphatic heterocycles. The van der Waals surface area contributed by atoms with Crippen molar-refractivity contribution in [2.45, 2.75) is 24.9 Å². The summed E-state index contributed by atoms with van der Waals surface area (Å²) in [7, 11) is -3.34. The van der Waals surface area contributed by atoms with E-state index in [1.54, 1.807) is 4.31 Å². The van der Waals surface area contributed by atoms with Gasteiger partial charge in [-0.1, -0.05) is 37.3 Å². The Morgan fingerprint density at radius 3 is 2.43 bits per heavy atom. The normalized spacial score (nSPS) is 27.7. The maximum absolute atomic E-state index is 12.6. The van der Waals surface area contributed by atoms with E-state index in [0.29, 0.717) is 13.1 Å². The molecule has 0 aliphatic carbocycles. The fourth-order valence-corrected chi connectivity index (χ4v) is 4.57. The van der Waals surface area contributed by atoms with Crippen molar-refractivity contribution in [3.63, 3.8) is 0 Å². The van der Waals surface area contributed by atoms with E-state index in [-0.39, 0.29) is 6.10 Å². The Bertz CT molecular complexity index is 568. The maximum Gasteiger partial charge on any atom is 0.244 e. The first-order valence-corrected chi connectivity index (χ1v) is 9.05. The summed E-state index contributed by atoms with van der Waals surface area (Å²) < 4.78 is 32.2. The molecule has 0 aromatic heterocycles. The third-order valence-electron chi connectivity index (χ3n) is 4.10. The van der Waals surface area contributed by atoms with E-state index in [1.165, 1.54) is 0 Å². The van der Waals surface area contributed by atoms with E-state index < -0.39 is 15.5 Å². The standard InChI is InChI=1S/C15H22N2O3S/c1-2-8-16-9-11-17(12-10-16)21(18,19)15-14(20-15)13-6-4-3-5-7-13/h3-7,14-15H,2,8-12H2,1H3. The summed E-state index contributed by atoms with van der Waals surface area (Å²) in [5.41, 5.74) is 0.244. The van der Waals surface area contributed by atoms with Gasteiger partial charge < -0.3 is 9.64 Å². The number of piperazine rings is 1. The van der Waals surface area contributed by atoms with Gasteiger partial charge >= 0.3 is 0 Å². The number of hydrogen-bond donors (Lipinski definition) is 0. The first-order chi connectivity index (χ1) is 10.1. The second-order valence-corrected chi connectivity index (χ2v) is 7.63. The third-order valence-corrected chi connectivity index (χ3v) is 6.13. The van der Waals surface area contributed by atoms with Crippen LogP contribution in [0.2, 0.25) is 0 Å². The number of rotatable bonds is 5. The van der Waals surface area contributed by atoms with Gasteiger partial charge in [0.2, 0.25) is 15.5 Å². The highest BCUT2D eigenvalue weighted by molar-refractivity contribution is 7.89. The molecule has 21 heavy (non-hydrogen) atoms. The number of sulfonamides is 1. The Kier molecular flexibility index (Phi) is 4.31. The topological polar surface area (TPSA) is 53.2 Å². The van der Waals surface area contributed by atoms with Crippen LogP contribution in [0.1, 0.15) is 25.0 Å². The van der Waals surface area contributed by atoms with Crippen molar-refractivity contribution >= 4 is 10.0 Å². The van der Waals surface area contributed by atoms with Gasteiger partial charge in [-0.2, -0.15) is 4.31 Å². The fourth-order valence-electron chi connectivity index (χ4n) is 2.87. The molecule has 6 heteroatoms. The number of ether oxygens (including phenoxy) is 1. The smallest absolute Gasteiger partial charge is 0.244 e. The number of epoxide rings is 1. The molecule has 2 aliphatic rings. The molecule has 2 unspecified atom stereocenters. The van der Waals surface area contributed by atoms with Crippen molar-refractivity contribution in [1.82, 2.24) is 9.21 Å². The lowest BCUT2D eigenvalue weighted by molar-refractivity contribution is 0.187. The van der Waals surface area contributed by atoms with Gasteiger partial charge in [-0.15, -0.1) is 0 Å². The van der Waals surface area contributed by atoms with Crippen LogP contribution in [0.5, 0.6) is 0 Å². The molecule has 0 N–H and O–H groups in total. The molecule has 2 saturated heterocycles. The van der Waals surface area contributed by atoms with E-state index >= 15 is 0 Å². The zero-order chi connectivity index (χ0) is 14.9. The Balaban J connectivity index is 1.61. The van der Waals surface area contributed by atoms with Gasteiger partial charge in [0.15, 0.2) is 0 Å². The Labute approximate surface area is 126 Å². The van der Waals surface area contributed by atoms with Crippen molar-refractivity contribution in [2.24, 2.45) is 0 Å². The van der Waals surface area contributed by atoms with Gasteiger partial charge in [0.05, 0.1) is 0 Å². The maximum atomic E-state index is 12.6. The molecule has 0 radical (unpaired) electrons. The molecule has 2 fully saturated rings. The summed E-state index contributed by atoms with van der Waals surface area (Å²) in [4.78, 5) is 2.31. The lowest BCUT2D eigenvalue weighted by Crippen LogP contribution is -2.49. The van der Waals surface area contributed by atoms with E-state index in [4.69, 9.17) is 4.74 Å². The van der Waals surface area contributed by atoms with E-state index in [0.717, 1.165) is 31.6 Å². The molecule has 2 atom stereocenters. The van der Waals surface area contributed by atoms with Crippen LogP contribution in [-0.4, -0.2) is 55.8 Å². The quantitative estimate of drug-likeness (QED) is 0.772. The first kappa shape index (κ1) is 15.0. The summed E-state index contributed by atoms with van der Waals surface area (Å²) in [5, 5.41) is 0. The third kappa shape index (κ3) is 3.13. The molecule has 3 rings (SSSR count). The Morgan fingerprint density at radius 2 is 1.81 bits per heavy atom. The van der Waals surface area contributed by atoms with Gasteiger partial charge in [-0.25, -0.2) is 8.42 Å². The predicted molar refractivity (Wildman–Crippen MR) is 81.3 cm³/mol. The van der Waals surface area contributed by atoms with Gasteiger partial charge in [-0.3, -0.25) is 0 Å². The number of nitrogens with zero attached hydrogens (tertiary/aromatic N) is 2. The molecule has 0 saturated carbocycles. The highest BCUT2D eigenvalue weighted by Crippen LogP contribution is 2.43. The minimum absolute atomic E-state index is 0.301. The SMILES string of the molecule is CCCN1CCN(S(=O)(=O)C2OC2c2ccccc2)CC1. The second kappa shape index (κ2) is 6.04. The van der Waals surface area contributed by atoms with Gasteiger partial charge in [0.1, 0.15) is 6.10 Å². The largest absolute Gasteiger partial charge is 0.346 e. The Morgan fingerprint density at radius 1 is 1.14 bits per heavy atom. The molecule has 1 aromatic carbocycles. The van der Waals surface area contributed by atoms with Crippen LogP contribution in [0.3, 0.4) is 0 Å². The minimum Gasteiger partial charge on any atom is -0.346 e. The monoisotopic (exact) mass is 310 g/mol. The van der Waals surface area contributed by atoms with Gasteiger partial charge in [0, 0.05) is 26.2 Å². The molecule has 1 aromatic rings. The van der Waals surface area contributed by atoms with E-state index in [2.05, 4.69) is 11.8 Å². The van der Waals surface area contributed by atoms with E-state index in [9.17, 15) is 8.42 Å². The zero-order valence-corrected chi connectivity index (χ0v) is 13.1. The van der Waals surface area contributed by atoms with Crippen LogP contribution in [0.15, 0.2) is 30.3 Å². The summed E-state index contributed by atoms with van der Waals surface area (Å²) >= 11 is 0. The van der Waals surface area contributed by atoms with Crippen molar-refractivity contribution in [3.8, 4) is 0 Å². The van der Waals surface area contributed by atoms with Crippen LogP contribution in [0.25, 0.3) is 0 Å². The molecular weight excluding hydrogens is 288 g/mol. The predicted octanol–water partition coefficient (Wildman–Crippen LogP) is 1.44. The lowest BCUT2D eigenvalue weighted by Gasteiger charge is -2.33. The minimum atomic E-state index is -3.34. The highest BCUT2D eigenvalue weighted by Gasteiger charge is 2.52. The van der Waals surface area contributed by atoms with Crippen LogP contribution >= 0.6 is 0 Å². The van der Waals surface area contributed by atoms with Crippen molar-refractivity contribution < 1.29 is 13.2 Å². The molecule has 2 heterocycles. The molecule has 5 nitrogen and oxygen atoms in total. The van der Waals surface area contributed by atoms with Crippen LogP contribution < -0.4 is 0 Å². The molecule has 0 bridgehead atoms. The summed E-state index contributed by atoms with van der Waals surface area (Å²) in [6, 6.07) is 9.56. The van der Waals surface area contributed by atoms with Crippen LogP contribution in [-0.2, 0) is 14.8 Å². The van der Waals surface area contributed by atoms with Gasteiger partial charge in [0.25, 0.3) is 0 Å². The average Bonchev–Trinajstić information content (AvgIpc) is 3.30. The van der Waals surface area contributed by atoms with Crippen LogP contribution in [0.4, 0.5) is 0 Å². The molecule has 0 spiro atoms. The van der Waals surface area contributed by atoms with Crippen molar-refractivity contribution in [2.75, 3.05) is 32.7 Å². The van der Waals surface area contributed by atoms with Crippen LogP contribution in [0, 0.1) is 0 Å². The Hall–Kier alpha value is -0.950. The fraction of sp³-hybridized carbons (Fsp3) is 0.600. The average molecular weight is 310 g/mol. The molecular formula is C15H22N2O3S. The summed E-state index contributed by atoms with van der Waals surface area (Å²) in [6.45, 7) is 5.96. The zero-order valence-electron chi connectivity index (χ0n) is 12.3. The highest BCUT2D eigenvalue weighted by atomic mass is 32.2. The second-order valence-electron chi connectivity index (χ2n) is 5.62. The lowest BCUT2D eigenvalue weighted by atomic mass is 10.2. The number of hydrogen-bond acceptors (Lipinski definition) is 4. The van der Waals surface area contributed by atoms with Crippen molar-refractivity contribution in [1.29, 1.82) is 0 Å². The van der Waals surface area contributed by atoms with E-state index in [1.807, 2.05) is 30.3 Å². The van der Waals surface area contributed by atoms with Gasteiger partial charge in [-0.05, 0) is 18.5 Å². The molecule has 0 amide bonds. The number of benzene rings is 1. The summed E-state index contributed by atoms with van der Waals surface area (Å²) in [5.74, 6) is 0. The first-order valence-electron chi connectivity index (χ1n) is 7.54. The summed E-state index contributed by atoms with van der Waals surface area (Å²) in [6.07, 6.45) is 0.805. The molecule has 116 valence electrons.